The monoisotopic (exact) mass is 319 g/mol. The zero-order valence-electron chi connectivity index (χ0n) is 14.1. The molecule has 0 aromatic carbocycles. The van der Waals surface area contributed by atoms with Crippen molar-refractivity contribution in [3.05, 3.63) is 11.6 Å². The lowest BCUT2D eigenvalue weighted by Crippen LogP contribution is -2.58. The van der Waals surface area contributed by atoms with E-state index in [1.54, 1.807) is 0 Å². The second-order valence-corrected chi connectivity index (χ2v) is 7.92. The number of hydrogen-bond acceptors (Lipinski definition) is 3. The van der Waals surface area contributed by atoms with Crippen LogP contribution in [-0.2, 0) is 14.3 Å². The molecule has 2 unspecified atom stereocenters. The van der Waals surface area contributed by atoms with E-state index in [2.05, 4.69) is 11.0 Å². The van der Waals surface area contributed by atoms with Crippen molar-refractivity contribution in [2.45, 2.75) is 57.5 Å². The van der Waals surface area contributed by atoms with Gasteiger partial charge in [-0.25, -0.2) is 0 Å². The molecule has 4 heteroatoms. The summed E-state index contributed by atoms with van der Waals surface area (Å²) in [6, 6.07) is 0. The highest BCUT2D eigenvalue weighted by Gasteiger charge is 2.47. The quantitative estimate of drug-likeness (QED) is 0.782. The molecule has 2 atom stereocenters. The van der Waals surface area contributed by atoms with Crippen molar-refractivity contribution in [1.82, 2.24) is 4.90 Å². The Bertz CT molecular complexity index is 485. The van der Waals surface area contributed by atoms with Gasteiger partial charge >= 0.3 is 0 Å². The van der Waals surface area contributed by atoms with E-state index in [-0.39, 0.29) is 17.4 Å². The van der Waals surface area contributed by atoms with E-state index >= 15 is 0 Å². The Morgan fingerprint density at radius 1 is 1.35 bits per heavy atom. The highest BCUT2D eigenvalue weighted by molar-refractivity contribution is 5.93. The Morgan fingerprint density at radius 3 is 3.04 bits per heavy atom. The maximum atomic E-state index is 12.8. The molecule has 23 heavy (non-hydrogen) atoms. The first-order chi connectivity index (χ1) is 11.3. The van der Waals surface area contributed by atoms with Gasteiger partial charge in [-0.3, -0.25) is 4.79 Å². The van der Waals surface area contributed by atoms with E-state index in [4.69, 9.17) is 9.47 Å². The fourth-order valence-corrected chi connectivity index (χ4v) is 4.46. The molecule has 0 bridgehead atoms. The van der Waals surface area contributed by atoms with Crippen LogP contribution >= 0.6 is 0 Å². The van der Waals surface area contributed by atoms with E-state index in [1.807, 2.05) is 0 Å². The number of hydrogen-bond donors (Lipinski definition) is 0. The van der Waals surface area contributed by atoms with Crippen molar-refractivity contribution in [3.8, 4) is 0 Å². The largest absolute Gasteiger partial charge is 0.380 e. The Kier molecular flexibility index (Phi) is 4.46. The van der Waals surface area contributed by atoms with Crippen LogP contribution in [0.3, 0.4) is 0 Å². The van der Waals surface area contributed by atoms with Crippen LogP contribution in [0.4, 0.5) is 0 Å². The van der Waals surface area contributed by atoms with Crippen LogP contribution in [0.1, 0.15) is 51.4 Å². The van der Waals surface area contributed by atoms with Gasteiger partial charge in [0.05, 0.1) is 12.7 Å². The molecule has 0 aromatic rings. The summed E-state index contributed by atoms with van der Waals surface area (Å²) in [5.41, 5.74) is 1.06. The summed E-state index contributed by atoms with van der Waals surface area (Å²) < 4.78 is 12.2. The maximum absolute atomic E-state index is 12.8. The molecular weight excluding hydrogens is 290 g/mol. The second kappa shape index (κ2) is 6.56. The minimum Gasteiger partial charge on any atom is -0.380 e. The molecule has 3 fully saturated rings. The third-order valence-corrected chi connectivity index (χ3v) is 6.03. The van der Waals surface area contributed by atoms with Crippen molar-refractivity contribution in [1.29, 1.82) is 0 Å². The molecule has 2 saturated heterocycles. The number of likely N-dealkylation sites (tertiary alicyclic amines) is 1. The summed E-state index contributed by atoms with van der Waals surface area (Å²) in [5.74, 6) is 1.06. The van der Waals surface area contributed by atoms with Gasteiger partial charge in [0.1, 0.15) is 0 Å². The Morgan fingerprint density at radius 2 is 2.26 bits per heavy atom. The predicted octanol–water partition coefficient (Wildman–Crippen LogP) is 2.92. The summed E-state index contributed by atoms with van der Waals surface area (Å²) in [4.78, 5) is 14.9. The Balaban J connectivity index is 1.43. The number of allylic oxidation sites excluding steroid dienone is 1. The highest BCUT2D eigenvalue weighted by atomic mass is 16.5. The fraction of sp³-hybridized carbons (Fsp3) is 0.842. The zero-order valence-corrected chi connectivity index (χ0v) is 14.1. The highest BCUT2D eigenvalue weighted by Crippen LogP contribution is 2.41. The lowest BCUT2D eigenvalue weighted by atomic mass is 9.73. The molecular formula is C19H29NO3. The summed E-state index contributed by atoms with van der Waals surface area (Å²) in [6.07, 6.45) is 11.4. The van der Waals surface area contributed by atoms with Crippen LogP contribution in [-0.4, -0.2) is 49.8 Å². The van der Waals surface area contributed by atoms with Crippen molar-refractivity contribution in [2.75, 3.05) is 32.9 Å². The summed E-state index contributed by atoms with van der Waals surface area (Å²) in [5, 5.41) is 0. The average Bonchev–Trinajstić information content (AvgIpc) is 3.24. The van der Waals surface area contributed by atoms with Crippen LogP contribution < -0.4 is 0 Å². The standard InChI is InChI=1S/C19H29NO3/c21-18(16-4-1-2-5-16)20-10-8-17-19(13-20,9-3-11-23-17)14-22-12-15-6-7-15/h4,15,17H,1-3,5-14H2. The van der Waals surface area contributed by atoms with Gasteiger partial charge in [0.2, 0.25) is 5.91 Å². The molecule has 2 aliphatic carbocycles. The van der Waals surface area contributed by atoms with Gasteiger partial charge in [0, 0.05) is 37.3 Å². The van der Waals surface area contributed by atoms with Crippen molar-refractivity contribution in [2.24, 2.45) is 11.3 Å². The fourth-order valence-electron chi connectivity index (χ4n) is 4.46. The van der Waals surface area contributed by atoms with E-state index < -0.39 is 0 Å². The molecule has 1 saturated carbocycles. The van der Waals surface area contributed by atoms with E-state index in [9.17, 15) is 4.79 Å². The first kappa shape index (κ1) is 15.6. The SMILES string of the molecule is O=C(C1=CCCC1)N1CCC2OCCCC2(COCC2CC2)C1. The smallest absolute Gasteiger partial charge is 0.249 e. The third-order valence-electron chi connectivity index (χ3n) is 6.03. The lowest BCUT2D eigenvalue weighted by molar-refractivity contribution is -0.163. The molecule has 4 nitrogen and oxygen atoms in total. The molecule has 128 valence electrons. The van der Waals surface area contributed by atoms with Crippen LogP contribution in [0.15, 0.2) is 11.6 Å². The van der Waals surface area contributed by atoms with Gasteiger partial charge in [-0.05, 0) is 57.3 Å². The number of piperidine rings is 1. The van der Waals surface area contributed by atoms with E-state index in [0.717, 1.165) is 82.9 Å². The van der Waals surface area contributed by atoms with Crippen LogP contribution in [0.25, 0.3) is 0 Å². The van der Waals surface area contributed by atoms with E-state index in [1.165, 1.54) is 12.8 Å². The molecule has 1 amide bonds. The molecule has 4 aliphatic rings. The molecule has 0 N–H and O–H groups in total. The summed E-state index contributed by atoms with van der Waals surface area (Å²) in [6.45, 7) is 4.18. The van der Waals surface area contributed by atoms with Crippen molar-refractivity contribution in [3.63, 3.8) is 0 Å². The first-order valence-electron chi connectivity index (χ1n) is 9.44. The van der Waals surface area contributed by atoms with Crippen molar-refractivity contribution < 1.29 is 14.3 Å². The van der Waals surface area contributed by atoms with Gasteiger partial charge in [-0.15, -0.1) is 0 Å². The molecule has 0 radical (unpaired) electrons. The first-order valence-corrected chi connectivity index (χ1v) is 9.44. The van der Waals surface area contributed by atoms with Gasteiger partial charge in [0.15, 0.2) is 0 Å². The summed E-state index contributed by atoms with van der Waals surface area (Å²) >= 11 is 0. The van der Waals surface area contributed by atoms with E-state index in [0.29, 0.717) is 0 Å². The minimum absolute atomic E-state index is 0.0280. The predicted molar refractivity (Wildman–Crippen MR) is 88.1 cm³/mol. The average molecular weight is 319 g/mol. The number of carbonyl (C=O) groups is 1. The normalized spacial score (nSPS) is 34.2. The van der Waals surface area contributed by atoms with Gasteiger partial charge in [-0.1, -0.05) is 6.08 Å². The zero-order chi connectivity index (χ0) is 15.7. The lowest BCUT2D eigenvalue weighted by Gasteiger charge is -2.50. The molecule has 0 spiro atoms. The topological polar surface area (TPSA) is 38.8 Å². The summed E-state index contributed by atoms with van der Waals surface area (Å²) in [7, 11) is 0. The van der Waals surface area contributed by atoms with Crippen LogP contribution in [0.2, 0.25) is 0 Å². The second-order valence-electron chi connectivity index (χ2n) is 7.92. The molecule has 2 heterocycles. The van der Waals surface area contributed by atoms with Gasteiger partial charge in [0.25, 0.3) is 0 Å². The number of nitrogens with zero attached hydrogens (tertiary/aromatic N) is 1. The number of fused-ring (bicyclic) bond motifs is 1. The van der Waals surface area contributed by atoms with Crippen LogP contribution in [0.5, 0.6) is 0 Å². The Labute approximate surface area is 139 Å². The van der Waals surface area contributed by atoms with Gasteiger partial charge < -0.3 is 14.4 Å². The maximum Gasteiger partial charge on any atom is 0.249 e. The molecule has 2 aliphatic heterocycles. The number of amides is 1. The van der Waals surface area contributed by atoms with Crippen LogP contribution in [0, 0.1) is 11.3 Å². The molecule has 4 rings (SSSR count). The number of ether oxygens (including phenoxy) is 2. The number of rotatable bonds is 5. The number of carbonyl (C=O) groups excluding carboxylic acids is 1. The minimum atomic E-state index is 0.0280. The van der Waals surface area contributed by atoms with Crippen molar-refractivity contribution >= 4 is 5.91 Å². The molecule has 0 aromatic heterocycles. The third kappa shape index (κ3) is 3.34. The Hall–Kier alpha value is -0.870. The van der Waals surface area contributed by atoms with Gasteiger partial charge in [-0.2, -0.15) is 0 Å².